The van der Waals surface area contributed by atoms with Gasteiger partial charge in [0.05, 0.1) is 0 Å². The summed E-state index contributed by atoms with van der Waals surface area (Å²) in [6, 6.07) is 10.6. The van der Waals surface area contributed by atoms with Crippen LogP contribution in [0.1, 0.15) is 28.9 Å². The van der Waals surface area contributed by atoms with Gasteiger partial charge in [0, 0.05) is 23.8 Å². The lowest BCUT2D eigenvalue weighted by atomic mass is 10.1. The van der Waals surface area contributed by atoms with E-state index < -0.39 is 6.04 Å². The highest BCUT2D eigenvalue weighted by Gasteiger charge is 2.19. The van der Waals surface area contributed by atoms with Gasteiger partial charge in [0.1, 0.15) is 6.04 Å². The Morgan fingerprint density at radius 3 is 2.81 bits per heavy atom. The van der Waals surface area contributed by atoms with Crippen LogP contribution in [0.5, 0.6) is 0 Å². The standard InChI is InChI=1S/C15H13ClN4O/c16-12-6-2-1-5-11(12)14(17)15-19-13(20-21-15)8-10-4-3-7-18-9-10/h1-7,9,14H,8,17H2/t14-/m1/s1. The van der Waals surface area contributed by atoms with Crippen LogP contribution < -0.4 is 5.73 Å². The monoisotopic (exact) mass is 300 g/mol. The molecule has 0 radical (unpaired) electrons. The maximum Gasteiger partial charge on any atom is 0.248 e. The molecule has 2 aromatic heterocycles. The van der Waals surface area contributed by atoms with Gasteiger partial charge in [-0.2, -0.15) is 4.98 Å². The third-order valence-corrected chi connectivity index (χ3v) is 3.42. The lowest BCUT2D eigenvalue weighted by Gasteiger charge is -2.08. The predicted molar refractivity (Wildman–Crippen MR) is 78.8 cm³/mol. The van der Waals surface area contributed by atoms with Crippen molar-refractivity contribution in [2.75, 3.05) is 0 Å². The van der Waals surface area contributed by atoms with Crippen LogP contribution in [0.3, 0.4) is 0 Å². The molecule has 0 bridgehead atoms. The van der Waals surface area contributed by atoms with Crippen molar-refractivity contribution in [2.24, 2.45) is 5.73 Å². The normalized spacial score (nSPS) is 12.3. The summed E-state index contributed by atoms with van der Waals surface area (Å²) in [5.41, 5.74) is 7.90. The second-order valence-corrected chi connectivity index (χ2v) is 4.99. The van der Waals surface area contributed by atoms with Crippen molar-refractivity contribution in [3.63, 3.8) is 0 Å². The summed E-state index contributed by atoms with van der Waals surface area (Å²) >= 11 is 6.13. The molecule has 21 heavy (non-hydrogen) atoms. The van der Waals surface area contributed by atoms with Gasteiger partial charge < -0.3 is 10.3 Å². The van der Waals surface area contributed by atoms with E-state index in [1.807, 2.05) is 30.3 Å². The topological polar surface area (TPSA) is 77.8 Å². The quantitative estimate of drug-likeness (QED) is 0.801. The molecular formula is C15H13ClN4O. The number of aromatic nitrogens is 3. The summed E-state index contributed by atoms with van der Waals surface area (Å²) < 4.78 is 5.24. The summed E-state index contributed by atoms with van der Waals surface area (Å²) in [7, 11) is 0. The fourth-order valence-corrected chi connectivity index (χ4v) is 2.26. The number of benzene rings is 1. The molecule has 0 amide bonds. The van der Waals surface area contributed by atoms with Crippen LogP contribution in [0.25, 0.3) is 0 Å². The highest BCUT2D eigenvalue weighted by molar-refractivity contribution is 6.31. The first kappa shape index (κ1) is 13.7. The van der Waals surface area contributed by atoms with Crippen molar-refractivity contribution >= 4 is 11.6 Å². The van der Waals surface area contributed by atoms with E-state index in [0.29, 0.717) is 23.2 Å². The maximum atomic E-state index is 6.13. The third kappa shape index (κ3) is 3.09. The lowest BCUT2D eigenvalue weighted by molar-refractivity contribution is 0.363. The van der Waals surface area contributed by atoms with Gasteiger partial charge in [-0.05, 0) is 23.3 Å². The Kier molecular flexibility index (Phi) is 3.94. The highest BCUT2D eigenvalue weighted by Crippen LogP contribution is 2.25. The second kappa shape index (κ2) is 6.03. The molecule has 0 fully saturated rings. The van der Waals surface area contributed by atoms with Crippen LogP contribution in [-0.2, 0) is 6.42 Å². The van der Waals surface area contributed by atoms with E-state index in [1.54, 1.807) is 18.5 Å². The molecule has 0 unspecified atom stereocenters. The fourth-order valence-electron chi connectivity index (χ4n) is 2.01. The Morgan fingerprint density at radius 2 is 2.05 bits per heavy atom. The average Bonchev–Trinajstić information content (AvgIpc) is 2.97. The Labute approximate surface area is 126 Å². The summed E-state index contributed by atoms with van der Waals surface area (Å²) in [4.78, 5) is 8.39. The second-order valence-electron chi connectivity index (χ2n) is 4.59. The largest absolute Gasteiger partial charge is 0.337 e. The number of nitrogens with two attached hydrogens (primary N) is 1. The molecule has 2 heterocycles. The first-order valence-corrected chi connectivity index (χ1v) is 6.83. The number of hydrogen-bond donors (Lipinski definition) is 1. The maximum absolute atomic E-state index is 6.13. The Balaban J connectivity index is 1.80. The predicted octanol–water partition coefficient (Wildman–Crippen LogP) is 2.76. The first-order chi connectivity index (χ1) is 10.2. The van der Waals surface area contributed by atoms with E-state index in [9.17, 15) is 0 Å². The van der Waals surface area contributed by atoms with Crippen molar-refractivity contribution < 1.29 is 4.52 Å². The number of rotatable bonds is 4. The highest BCUT2D eigenvalue weighted by atomic mass is 35.5. The van der Waals surface area contributed by atoms with Crippen LogP contribution in [0, 0.1) is 0 Å². The molecule has 1 atom stereocenters. The van der Waals surface area contributed by atoms with Gasteiger partial charge in [-0.3, -0.25) is 4.98 Å². The molecule has 1 aromatic carbocycles. The van der Waals surface area contributed by atoms with Crippen LogP contribution in [-0.4, -0.2) is 15.1 Å². The zero-order valence-electron chi connectivity index (χ0n) is 11.1. The van der Waals surface area contributed by atoms with Crippen molar-refractivity contribution in [1.82, 2.24) is 15.1 Å². The smallest absolute Gasteiger partial charge is 0.248 e. The van der Waals surface area contributed by atoms with Crippen molar-refractivity contribution in [3.8, 4) is 0 Å². The van der Waals surface area contributed by atoms with Gasteiger partial charge in [0.15, 0.2) is 5.82 Å². The van der Waals surface area contributed by atoms with E-state index in [2.05, 4.69) is 15.1 Å². The van der Waals surface area contributed by atoms with E-state index >= 15 is 0 Å². The van der Waals surface area contributed by atoms with E-state index in [4.69, 9.17) is 21.9 Å². The van der Waals surface area contributed by atoms with Crippen molar-refractivity contribution in [1.29, 1.82) is 0 Å². The van der Waals surface area contributed by atoms with Crippen LogP contribution in [0.2, 0.25) is 5.02 Å². The Hall–Kier alpha value is -2.24. The molecule has 0 aliphatic heterocycles. The van der Waals surface area contributed by atoms with Gasteiger partial charge in [0.2, 0.25) is 5.89 Å². The number of nitrogens with zero attached hydrogens (tertiary/aromatic N) is 3. The van der Waals surface area contributed by atoms with Gasteiger partial charge in [0.25, 0.3) is 0 Å². The third-order valence-electron chi connectivity index (χ3n) is 3.08. The van der Waals surface area contributed by atoms with E-state index in [1.165, 1.54) is 0 Å². The minimum absolute atomic E-state index is 0.349. The van der Waals surface area contributed by atoms with E-state index in [-0.39, 0.29) is 0 Å². The summed E-state index contributed by atoms with van der Waals surface area (Å²) in [5, 5.41) is 4.53. The minimum atomic E-state index is -0.533. The number of pyridine rings is 1. The first-order valence-electron chi connectivity index (χ1n) is 6.45. The Bertz CT molecular complexity index is 729. The molecule has 0 saturated carbocycles. The average molecular weight is 301 g/mol. The van der Waals surface area contributed by atoms with Crippen LogP contribution in [0.4, 0.5) is 0 Å². The molecule has 6 heteroatoms. The van der Waals surface area contributed by atoms with Gasteiger partial charge in [-0.15, -0.1) is 0 Å². The molecule has 0 aliphatic rings. The number of halogens is 1. The van der Waals surface area contributed by atoms with Gasteiger partial charge in [-0.1, -0.05) is 41.0 Å². The SMILES string of the molecule is N[C@@H](c1nc(Cc2cccnc2)no1)c1ccccc1Cl. The molecule has 0 spiro atoms. The van der Waals surface area contributed by atoms with Gasteiger partial charge >= 0.3 is 0 Å². The molecule has 3 rings (SSSR count). The summed E-state index contributed by atoms with van der Waals surface area (Å²) in [6.07, 6.45) is 4.04. The molecular weight excluding hydrogens is 288 g/mol. The molecule has 0 aliphatic carbocycles. The van der Waals surface area contributed by atoms with Crippen LogP contribution in [0.15, 0.2) is 53.3 Å². The molecule has 0 saturated heterocycles. The van der Waals surface area contributed by atoms with Crippen LogP contribution >= 0.6 is 11.6 Å². The molecule has 2 N–H and O–H groups in total. The zero-order chi connectivity index (χ0) is 14.7. The molecule has 3 aromatic rings. The van der Waals surface area contributed by atoms with Crippen molar-refractivity contribution in [3.05, 3.63) is 76.7 Å². The van der Waals surface area contributed by atoms with Gasteiger partial charge in [-0.25, -0.2) is 0 Å². The van der Waals surface area contributed by atoms with Crippen molar-refractivity contribution in [2.45, 2.75) is 12.5 Å². The minimum Gasteiger partial charge on any atom is -0.337 e. The zero-order valence-corrected chi connectivity index (χ0v) is 11.9. The lowest BCUT2D eigenvalue weighted by Crippen LogP contribution is -2.12. The molecule has 5 nitrogen and oxygen atoms in total. The Morgan fingerprint density at radius 1 is 1.19 bits per heavy atom. The fraction of sp³-hybridized carbons (Fsp3) is 0.133. The molecule has 106 valence electrons. The van der Waals surface area contributed by atoms with E-state index in [0.717, 1.165) is 11.1 Å². The summed E-state index contributed by atoms with van der Waals surface area (Å²) in [5.74, 6) is 0.919. The number of hydrogen-bond acceptors (Lipinski definition) is 5. The summed E-state index contributed by atoms with van der Waals surface area (Å²) in [6.45, 7) is 0.